The molecule has 0 spiro atoms. The van der Waals surface area contributed by atoms with E-state index >= 15 is 0 Å². The second-order valence-electron chi connectivity index (χ2n) is 4.80. The number of anilines is 1. The molecule has 0 amide bonds. The van der Waals surface area contributed by atoms with Crippen LogP contribution in [-0.4, -0.2) is 9.97 Å². The van der Waals surface area contributed by atoms with Gasteiger partial charge in [-0.1, -0.05) is 30.3 Å². The first-order valence-corrected chi connectivity index (χ1v) is 6.47. The van der Waals surface area contributed by atoms with Gasteiger partial charge in [0.1, 0.15) is 0 Å². The Bertz CT molecular complexity index is 704. The van der Waals surface area contributed by atoms with Gasteiger partial charge in [0, 0.05) is 23.8 Å². The molecule has 104 valence electrons. The number of halogens is 1. The second-order valence-corrected chi connectivity index (χ2v) is 4.80. The quantitative estimate of drug-likeness (QED) is 0.757. The van der Waals surface area contributed by atoms with Gasteiger partial charge in [-0.15, -0.1) is 12.4 Å². The molecule has 0 aliphatic heterocycles. The first-order chi connectivity index (χ1) is 9.25. The van der Waals surface area contributed by atoms with E-state index in [4.69, 9.17) is 0 Å². The summed E-state index contributed by atoms with van der Waals surface area (Å²) in [6, 6.07) is 12.4. The molecular formula is C16H18ClN3. The maximum atomic E-state index is 4.43. The zero-order valence-corrected chi connectivity index (χ0v) is 12.4. The summed E-state index contributed by atoms with van der Waals surface area (Å²) >= 11 is 0. The lowest BCUT2D eigenvalue weighted by molar-refractivity contribution is 1.11. The van der Waals surface area contributed by atoms with E-state index in [1.54, 1.807) is 0 Å². The van der Waals surface area contributed by atoms with Crippen molar-refractivity contribution in [3.63, 3.8) is 0 Å². The van der Waals surface area contributed by atoms with Crippen LogP contribution >= 0.6 is 12.4 Å². The van der Waals surface area contributed by atoms with Crippen molar-refractivity contribution in [1.29, 1.82) is 0 Å². The number of rotatable bonds is 3. The summed E-state index contributed by atoms with van der Waals surface area (Å²) in [6.45, 7) is 5.01. The van der Waals surface area contributed by atoms with E-state index in [9.17, 15) is 0 Å². The minimum Gasteiger partial charge on any atom is -0.364 e. The van der Waals surface area contributed by atoms with Gasteiger partial charge in [0.2, 0.25) is 0 Å². The van der Waals surface area contributed by atoms with Crippen molar-refractivity contribution in [2.75, 3.05) is 5.32 Å². The molecule has 3 rings (SSSR count). The fraction of sp³-hybridized carbons (Fsp3) is 0.188. The Kier molecular flexibility index (Phi) is 4.30. The van der Waals surface area contributed by atoms with E-state index in [-0.39, 0.29) is 12.4 Å². The van der Waals surface area contributed by atoms with Gasteiger partial charge in [0.05, 0.1) is 5.52 Å². The lowest BCUT2D eigenvalue weighted by Crippen LogP contribution is -2.01. The highest BCUT2D eigenvalue weighted by Crippen LogP contribution is 2.25. The molecule has 3 nitrogen and oxygen atoms in total. The minimum atomic E-state index is 0. The number of pyridine rings is 1. The molecule has 2 heterocycles. The van der Waals surface area contributed by atoms with Crippen molar-refractivity contribution in [3.05, 3.63) is 59.4 Å². The number of nitrogens with one attached hydrogen (secondary N) is 2. The topological polar surface area (TPSA) is 40.7 Å². The van der Waals surface area contributed by atoms with Crippen LogP contribution in [0.25, 0.3) is 10.9 Å². The van der Waals surface area contributed by atoms with Crippen LogP contribution in [0.2, 0.25) is 0 Å². The van der Waals surface area contributed by atoms with Gasteiger partial charge in [-0.2, -0.15) is 0 Å². The van der Waals surface area contributed by atoms with Crippen molar-refractivity contribution >= 4 is 29.1 Å². The lowest BCUT2D eigenvalue weighted by Gasteiger charge is -2.06. The van der Waals surface area contributed by atoms with Crippen molar-refractivity contribution in [3.8, 4) is 0 Å². The van der Waals surface area contributed by atoms with Gasteiger partial charge < -0.3 is 10.3 Å². The summed E-state index contributed by atoms with van der Waals surface area (Å²) in [6.07, 6.45) is 1.86. The Labute approximate surface area is 124 Å². The number of hydrogen-bond acceptors (Lipinski definition) is 2. The normalized spacial score (nSPS) is 10.3. The molecular weight excluding hydrogens is 270 g/mol. The molecule has 0 unspecified atom stereocenters. The Balaban J connectivity index is 0.00000147. The maximum absolute atomic E-state index is 4.43. The summed E-state index contributed by atoms with van der Waals surface area (Å²) in [5.41, 5.74) is 4.83. The van der Waals surface area contributed by atoms with Crippen LogP contribution in [-0.2, 0) is 6.54 Å². The zero-order valence-electron chi connectivity index (χ0n) is 11.6. The number of aromatic amines is 1. The monoisotopic (exact) mass is 287 g/mol. The molecule has 4 heteroatoms. The standard InChI is InChI=1S/C16H17N3.ClH/c1-11-12(2)19-15-14(11)8-9-17-16(15)18-10-13-6-4-3-5-7-13;/h3-9,19H,10H2,1-2H3,(H,17,18);1H. The van der Waals surface area contributed by atoms with Gasteiger partial charge in [0.25, 0.3) is 0 Å². The molecule has 2 aromatic heterocycles. The van der Waals surface area contributed by atoms with Crippen LogP contribution in [0.15, 0.2) is 42.6 Å². The zero-order chi connectivity index (χ0) is 13.2. The third-order valence-electron chi connectivity index (χ3n) is 3.53. The van der Waals surface area contributed by atoms with E-state index in [1.165, 1.54) is 22.2 Å². The highest BCUT2D eigenvalue weighted by Gasteiger charge is 2.08. The second kappa shape index (κ2) is 5.97. The van der Waals surface area contributed by atoms with Crippen molar-refractivity contribution in [2.45, 2.75) is 20.4 Å². The number of hydrogen-bond donors (Lipinski definition) is 2. The third-order valence-corrected chi connectivity index (χ3v) is 3.53. The summed E-state index contributed by atoms with van der Waals surface area (Å²) in [4.78, 5) is 7.84. The molecule has 0 saturated carbocycles. The van der Waals surface area contributed by atoms with Crippen LogP contribution in [0.4, 0.5) is 5.82 Å². The number of benzene rings is 1. The van der Waals surface area contributed by atoms with Crippen LogP contribution in [0, 0.1) is 13.8 Å². The van der Waals surface area contributed by atoms with E-state index < -0.39 is 0 Å². The summed E-state index contributed by atoms with van der Waals surface area (Å²) in [7, 11) is 0. The van der Waals surface area contributed by atoms with Gasteiger partial charge in [-0.25, -0.2) is 4.98 Å². The lowest BCUT2D eigenvalue weighted by atomic mass is 10.2. The molecule has 0 radical (unpaired) electrons. The first kappa shape index (κ1) is 14.4. The fourth-order valence-corrected chi connectivity index (χ4v) is 2.30. The Morgan fingerprint density at radius 3 is 2.60 bits per heavy atom. The van der Waals surface area contributed by atoms with Crippen LogP contribution < -0.4 is 5.32 Å². The van der Waals surface area contributed by atoms with Gasteiger partial charge in [0.15, 0.2) is 5.82 Å². The highest BCUT2D eigenvalue weighted by molar-refractivity contribution is 5.92. The number of fused-ring (bicyclic) bond motifs is 1. The fourth-order valence-electron chi connectivity index (χ4n) is 2.30. The maximum Gasteiger partial charge on any atom is 0.150 e. The molecule has 3 aromatic rings. The average Bonchev–Trinajstić information content (AvgIpc) is 2.74. The number of aryl methyl sites for hydroxylation is 2. The summed E-state index contributed by atoms with van der Waals surface area (Å²) in [5.74, 6) is 0.914. The van der Waals surface area contributed by atoms with E-state index in [2.05, 4.69) is 47.3 Å². The third kappa shape index (κ3) is 2.63. The van der Waals surface area contributed by atoms with Crippen LogP contribution in [0.1, 0.15) is 16.8 Å². The highest BCUT2D eigenvalue weighted by atomic mass is 35.5. The Morgan fingerprint density at radius 1 is 1.10 bits per heavy atom. The number of H-pyrrole nitrogens is 1. The molecule has 0 atom stereocenters. The summed E-state index contributed by atoms with van der Waals surface area (Å²) in [5, 5.41) is 4.64. The van der Waals surface area contributed by atoms with Gasteiger partial charge in [-0.3, -0.25) is 0 Å². The molecule has 0 saturated heterocycles. The number of nitrogens with zero attached hydrogens (tertiary/aromatic N) is 1. The minimum absolute atomic E-state index is 0. The van der Waals surface area contributed by atoms with Crippen LogP contribution in [0.5, 0.6) is 0 Å². The van der Waals surface area contributed by atoms with E-state index in [0.29, 0.717) is 0 Å². The Hall–Kier alpha value is -2.00. The predicted molar refractivity (Wildman–Crippen MR) is 86.6 cm³/mol. The van der Waals surface area contributed by atoms with Crippen molar-refractivity contribution in [2.24, 2.45) is 0 Å². The summed E-state index contributed by atoms with van der Waals surface area (Å²) < 4.78 is 0. The molecule has 2 N–H and O–H groups in total. The average molecular weight is 288 g/mol. The predicted octanol–water partition coefficient (Wildman–Crippen LogP) is 4.21. The molecule has 0 aliphatic rings. The molecule has 0 bridgehead atoms. The van der Waals surface area contributed by atoms with E-state index in [1.807, 2.05) is 24.4 Å². The van der Waals surface area contributed by atoms with E-state index in [0.717, 1.165) is 17.9 Å². The Morgan fingerprint density at radius 2 is 1.85 bits per heavy atom. The van der Waals surface area contributed by atoms with Crippen LogP contribution in [0.3, 0.4) is 0 Å². The van der Waals surface area contributed by atoms with Crippen molar-refractivity contribution < 1.29 is 0 Å². The molecule has 20 heavy (non-hydrogen) atoms. The molecule has 1 aromatic carbocycles. The smallest absolute Gasteiger partial charge is 0.150 e. The SMILES string of the molecule is Cc1[nH]c2c(NCc3ccccc3)nccc2c1C.Cl. The molecule has 0 fully saturated rings. The number of aromatic nitrogens is 2. The molecule has 0 aliphatic carbocycles. The first-order valence-electron chi connectivity index (χ1n) is 6.47. The van der Waals surface area contributed by atoms with Crippen molar-refractivity contribution in [1.82, 2.24) is 9.97 Å². The largest absolute Gasteiger partial charge is 0.364 e. The van der Waals surface area contributed by atoms with Gasteiger partial charge >= 0.3 is 0 Å². The van der Waals surface area contributed by atoms with Gasteiger partial charge in [-0.05, 0) is 31.0 Å².